The molecule has 0 spiro atoms. The Morgan fingerprint density at radius 2 is 2.05 bits per heavy atom. The van der Waals surface area contributed by atoms with Crippen molar-refractivity contribution in [1.82, 2.24) is 10.2 Å². The van der Waals surface area contributed by atoms with Crippen molar-refractivity contribution >= 4 is 0 Å². The van der Waals surface area contributed by atoms with Gasteiger partial charge in [0.05, 0.1) is 5.56 Å². The highest BCUT2D eigenvalue weighted by atomic mass is 19.4. The molecule has 2 aliphatic rings. The van der Waals surface area contributed by atoms with Gasteiger partial charge in [-0.3, -0.25) is 4.90 Å². The Morgan fingerprint density at radius 3 is 2.71 bits per heavy atom. The molecule has 2 nitrogen and oxygen atoms in total. The first-order chi connectivity index (χ1) is 9.88. The molecule has 4 atom stereocenters. The first kappa shape index (κ1) is 14.9. The summed E-state index contributed by atoms with van der Waals surface area (Å²) in [6, 6.07) is 6.19. The molecule has 21 heavy (non-hydrogen) atoms. The zero-order chi connectivity index (χ0) is 15.2. The normalized spacial score (nSPS) is 31.4. The lowest BCUT2D eigenvalue weighted by Gasteiger charge is -2.31. The van der Waals surface area contributed by atoms with E-state index in [1.54, 1.807) is 6.07 Å². The van der Waals surface area contributed by atoms with Crippen LogP contribution in [0.15, 0.2) is 24.3 Å². The first-order valence-electron chi connectivity index (χ1n) is 7.51. The van der Waals surface area contributed by atoms with Gasteiger partial charge in [0.25, 0.3) is 0 Å². The second-order valence-electron chi connectivity index (χ2n) is 6.32. The predicted molar refractivity (Wildman–Crippen MR) is 75.9 cm³/mol. The van der Waals surface area contributed by atoms with E-state index in [9.17, 15) is 13.2 Å². The summed E-state index contributed by atoms with van der Waals surface area (Å²) in [5, 5.41) is 3.41. The number of rotatable bonds is 2. The fourth-order valence-corrected chi connectivity index (χ4v) is 3.88. The van der Waals surface area contributed by atoms with Crippen molar-refractivity contribution in [1.29, 1.82) is 0 Å². The van der Waals surface area contributed by atoms with Crippen molar-refractivity contribution < 1.29 is 13.2 Å². The molecule has 0 aliphatic carbocycles. The monoisotopic (exact) mass is 298 g/mol. The number of benzene rings is 1. The third kappa shape index (κ3) is 2.69. The molecule has 2 fully saturated rings. The SMILES string of the molecule is CC(c1cccc(C(F)(F)F)c1)N1CC2CNCC2C1C. The second kappa shape index (κ2) is 5.29. The van der Waals surface area contributed by atoms with Gasteiger partial charge in [-0.25, -0.2) is 0 Å². The van der Waals surface area contributed by atoms with Crippen molar-refractivity contribution in [2.24, 2.45) is 11.8 Å². The molecule has 2 heterocycles. The van der Waals surface area contributed by atoms with E-state index in [2.05, 4.69) is 17.1 Å². The summed E-state index contributed by atoms with van der Waals surface area (Å²) in [5.74, 6) is 1.26. The molecule has 0 radical (unpaired) electrons. The number of alkyl halides is 3. The van der Waals surface area contributed by atoms with Gasteiger partial charge in [-0.1, -0.05) is 12.1 Å². The van der Waals surface area contributed by atoms with Crippen LogP contribution in [0.5, 0.6) is 0 Å². The van der Waals surface area contributed by atoms with E-state index in [-0.39, 0.29) is 6.04 Å². The third-order valence-electron chi connectivity index (χ3n) is 5.17. The van der Waals surface area contributed by atoms with Crippen LogP contribution in [0.25, 0.3) is 0 Å². The molecule has 2 saturated heterocycles. The van der Waals surface area contributed by atoms with Crippen LogP contribution in [0, 0.1) is 11.8 Å². The lowest BCUT2D eigenvalue weighted by Crippen LogP contribution is -2.35. The fourth-order valence-electron chi connectivity index (χ4n) is 3.88. The molecular formula is C16H21F3N2. The van der Waals surface area contributed by atoms with Gasteiger partial charge < -0.3 is 5.32 Å². The summed E-state index contributed by atoms with van der Waals surface area (Å²) in [5.41, 5.74) is 0.199. The zero-order valence-electron chi connectivity index (χ0n) is 12.3. The quantitative estimate of drug-likeness (QED) is 0.901. The largest absolute Gasteiger partial charge is 0.416 e. The van der Waals surface area contributed by atoms with E-state index in [0.29, 0.717) is 17.9 Å². The Hall–Kier alpha value is -1.07. The van der Waals surface area contributed by atoms with E-state index in [1.807, 2.05) is 6.92 Å². The fraction of sp³-hybridized carbons (Fsp3) is 0.625. The predicted octanol–water partition coefficient (Wildman–Crippen LogP) is 3.31. The Bertz CT molecular complexity index is 514. The number of fused-ring (bicyclic) bond motifs is 1. The second-order valence-corrected chi connectivity index (χ2v) is 6.32. The molecule has 3 rings (SSSR count). The van der Waals surface area contributed by atoms with Gasteiger partial charge in [-0.15, -0.1) is 0 Å². The van der Waals surface area contributed by atoms with Crippen LogP contribution in [0.4, 0.5) is 13.2 Å². The van der Waals surface area contributed by atoms with Crippen LogP contribution in [0.1, 0.15) is 31.0 Å². The topological polar surface area (TPSA) is 15.3 Å². The highest BCUT2D eigenvalue weighted by Crippen LogP contribution is 2.39. The van der Waals surface area contributed by atoms with Crippen LogP contribution in [0.2, 0.25) is 0 Å². The molecule has 4 unspecified atom stereocenters. The van der Waals surface area contributed by atoms with Crippen molar-refractivity contribution in [2.75, 3.05) is 19.6 Å². The van der Waals surface area contributed by atoms with Gasteiger partial charge in [0.1, 0.15) is 0 Å². The number of hydrogen-bond acceptors (Lipinski definition) is 2. The molecule has 116 valence electrons. The van der Waals surface area contributed by atoms with Crippen molar-refractivity contribution in [3.63, 3.8) is 0 Å². The maximum absolute atomic E-state index is 12.9. The summed E-state index contributed by atoms with van der Waals surface area (Å²) in [4.78, 5) is 2.35. The number of likely N-dealkylation sites (tertiary alicyclic amines) is 1. The van der Waals surface area contributed by atoms with E-state index in [4.69, 9.17) is 0 Å². The first-order valence-corrected chi connectivity index (χ1v) is 7.51. The molecule has 0 saturated carbocycles. The van der Waals surface area contributed by atoms with Gasteiger partial charge in [-0.2, -0.15) is 13.2 Å². The molecule has 5 heteroatoms. The number of nitrogens with zero attached hydrogens (tertiary/aromatic N) is 1. The Morgan fingerprint density at radius 1 is 1.29 bits per heavy atom. The van der Waals surface area contributed by atoms with Crippen LogP contribution >= 0.6 is 0 Å². The molecule has 0 aromatic heterocycles. The molecule has 1 N–H and O–H groups in total. The minimum Gasteiger partial charge on any atom is -0.316 e. The lowest BCUT2D eigenvalue weighted by molar-refractivity contribution is -0.137. The number of halogens is 3. The molecule has 1 aromatic carbocycles. The highest BCUT2D eigenvalue weighted by molar-refractivity contribution is 5.28. The summed E-state index contributed by atoms with van der Waals surface area (Å²) >= 11 is 0. The minimum absolute atomic E-state index is 0.0212. The average Bonchev–Trinajstić information content (AvgIpc) is 3.01. The van der Waals surface area contributed by atoms with E-state index >= 15 is 0 Å². The van der Waals surface area contributed by atoms with Gasteiger partial charge in [0.2, 0.25) is 0 Å². The van der Waals surface area contributed by atoms with Gasteiger partial charge in [0, 0.05) is 18.6 Å². The van der Waals surface area contributed by atoms with Gasteiger partial charge >= 0.3 is 6.18 Å². The molecule has 0 bridgehead atoms. The standard InChI is InChI=1S/C16H21F3N2/c1-10(12-4-3-5-14(6-12)16(17,18)19)21-9-13-7-20-8-15(13)11(21)2/h3-6,10-11,13,15,20H,7-9H2,1-2H3. The summed E-state index contributed by atoms with van der Waals surface area (Å²) in [7, 11) is 0. The van der Waals surface area contributed by atoms with E-state index in [0.717, 1.165) is 31.3 Å². The smallest absolute Gasteiger partial charge is 0.316 e. The summed E-state index contributed by atoms with van der Waals surface area (Å²) in [6.07, 6.45) is -4.27. The Labute approximate surface area is 123 Å². The molecule has 1 aromatic rings. The van der Waals surface area contributed by atoms with Crippen LogP contribution in [-0.4, -0.2) is 30.6 Å². The Kier molecular flexibility index (Phi) is 3.74. The van der Waals surface area contributed by atoms with E-state index in [1.165, 1.54) is 12.1 Å². The van der Waals surface area contributed by atoms with Crippen LogP contribution < -0.4 is 5.32 Å². The van der Waals surface area contributed by atoms with Crippen molar-refractivity contribution in [3.8, 4) is 0 Å². The van der Waals surface area contributed by atoms with Gasteiger partial charge in [-0.05, 0) is 56.5 Å². The highest BCUT2D eigenvalue weighted by Gasteiger charge is 2.43. The van der Waals surface area contributed by atoms with Crippen molar-refractivity contribution in [2.45, 2.75) is 32.1 Å². The molecule has 0 amide bonds. The maximum Gasteiger partial charge on any atom is 0.416 e. The van der Waals surface area contributed by atoms with E-state index < -0.39 is 11.7 Å². The Balaban J connectivity index is 1.81. The third-order valence-corrected chi connectivity index (χ3v) is 5.17. The summed E-state index contributed by atoms with van der Waals surface area (Å²) < 4.78 is 38.6. The van der Waals surface area contributed by atoms with Gasteiger partial charge in [0.15, 0.2) is 0 Å². The summed E-state index contributed by atoms with van der Waals surface area (Å²) in [6.45, 7) is 7.23. The minimum atomic E-state index is -4.27. The molecular weight excluding hydrogens is 277 g/mol. The van der Waals surface area contributed by atoms with Crippen LogP contribution in [-0.2, 0) is 6.18 Å². The van der Waals surface area contributed by atoms with Crippen LogP contribution in [0.3, 0.4) is 0 Å². The number of hydrogen-bond donors (Lipinski definition) is 1. The van der Waals surface area contributed by atoms with Crippen molar-refractivity contribution in [3.05, 3.63) is 35.4 Å². The zero-order valence-corrected chi connectivity index (χ0v) is 12.3. The number of nitrogens with one attached hydrogen (secondary N) is 1. The maximum atomic E-state index is 12.9. The lowest BCUT2D eigenvalue weighted by atomic mass is 9.95. The molecule has 2 aliphatic heterocycles. The average molecular weight is 298 g/mol.